The van der Waals surface area contributed by atoms with Crippen LogP contribution >= 0.6 is 39.3 Å². The Labute approximate surface area is 198 Å². The van der Waals surface area contributed by atoms with Crippen molar-refractivity contribution in [1.29, 1.82) is 0 Å². The van der Waals surface area contributed by atoms with Crippen LogP contribution in [0.4, 0.5) is 0 Å². The summed E-state index contributed by atoms with van der Waals surface area (Å²) in [6.45, 7) is 0.502. The molecule has 1 aromatic heterocycles. The Kier molecular flexibility index (Phi) is 7.40. The number of nitrogens with zero attached hydrogens (tertiary/aromatic N) is 4. The molecule has 8 heteroatoms. The molecule has 0 spiro atoms. The largest absolute Gasteiger partial charge is 0.489 e. The molecule has 0 aliphatic rings. The van der Waals surface area contributed by atoms with Crippen LogP contribution in [0.2, 0.25) is 5.02 Å². The molecule has 3 aromatic carbocycles. The number of aromatic nitrogens is 3. The molecular formula is C23H18BrClN4OS. The van der Waals surface area contributed by atoms with Crippen LogP contribution in [0.5, 0.6) is 5.75 Å². The van der Waals surface area contributed by atoms with E-state index in [0.717, 1.165) is 31.9 Å². The molecule has 0 aliphatic carbocycles. The zero-order valence-electron chi connectivity index (χ0n) is 16.4. The van der Waals surface area contributed by atoms with Gasteiger partial charge in [-0.15, -0.1) is 10.2 Å². The summed E-state index contributed by atoms with van der Waals surface area (Å²) in [4.78, 5) is 0. The predicted molar refractivity (Wildman–Crippen MR) is 129 cm³/mol. The van der Waals surface area contributed by atoms with Crippen molar-refractivity contribution >= 4 is 45.5 Å². The lowest BCUT2D eigenvalue weighted by atomic mass is 10.2. The molecule has 31 heavy (non-hydrogen) atoms. The summed E-state index contributed by atoms with van der Waals surface area (Å²) in [7, 11) is 0. The third kappa shape index (κ3) is 6.19. The first-order valence-corrected chi connectivity index (χ1v) is 11.6. The molecule has 156 valence electrons. The van der Waals surface area contributed by atoms with Gasteiger partial charge in [0.05, 0.1) is 6.21 Å². The Morgan fingerprint density at radius 1 is 1.06 bits per heavy atom. The molecule has 0 N–H and O–H groups in total. The van der Waals surface area contributed by atoms with Crippen LogP contribution in [0.3, 0.4) is 0 Å². The Hall–Kier alpha value is -2.61. The Morgan fingerprint density at radius 2 is 1.90 bits per heavy atom. The van der Waals surface area contributed by atoms with E-state index in [-0.39, 0.29) is 0 Å². The average molecular weight is 514 g/mol. The first kappa shape index (κ1) is 21.6. The van der Waals surface area contributed by atoms with E-state index in [1.807, 2.05) is 72.8 Å². The maximum atomic E-state index is 6.23. The van der Waals surface area contributed by atoms with E-state index in [4.69, 9.17) is 16.3 Å². The second-order valence-corrected chi connectivity index (χ2v) is 8.84. The molecule has 4 aromatic rings. The van der Waals surface area contributed by atoms with Crippen molar-refractivity contribution in [2.24, 2.45) is 5.10 Å². The summed E-state index contributed by atoms with van der Waals surface area (Å²) in [5.41, 5.74) is 3.07. The van der Waals surface area contributed by atoms with Gasteiger partial charge in [0.15, 0.2) is 0 Å². The average Bonchev–Trinajstić information content (AvgIpc) is 3.24. The van der Waals surface area contributed by atoms with Gasteiger partial charge in [0.1, 0.15) is 18.7 Å². The summed E-state index contributed by atoms with van der Waals surface area (Å²) < 4.78 is 8.61. The molecule has 0 aliphatic heterocycles. The maximum absolute atomic E-state index is 6.23. The van der Waals surface area contributed by atoms with Gasteiger partial charge in [-0.05, 0) is 47.0 Å². The molecule has 0 radical (unpaired) electrons. The van der Waals surface area contributed by atoms with Crippen molar-refractivity contribution in [3.05, 3.63) is 105 Å². The second-order valence-electron chi connectivity index (χ2n) is 6.57. The van der Waals surface area contributed by atoms with Crippen molar-refractivity contribution in [1.82, 2.24) is 14.9 Å². The van der Waals surface area contributed by atoms with E-state index in [1.54, 1.807) is 17.2 Å². The number of thioether (sulfide) groups is 1. The van der Waals surface area contributed by atoms with Gasteiger partial charge in [0, 0.05) is 15.2 Å². The second kappa shape index (κ2) is 10.6. The third-order valence-electron chi connectivity index (χ3n) is 4.32. The molecule has 0 amide bonds. The van der Waals surface area contributed by atoms with E-state index in [9.17, 15) is 0 Å². The lowest BCUT2D eigenvalue weighted by molar-refractivity contribution is 0.306. The van der Waals surface area contributed by atoms with E-state index in [1.165, 1.54) is 11.8 Å². The Morgan fingerprint density at radius 3 is 2.74 bits per heavy atom. The monoisotopic (exact) mass is 512 g/mol. The van der Waals surface area contributed by atoms with Crippen LogP contribution in [0.25, 0.3) is 0 Å². The van der Waals surface area contributed by atoms with Crippen LogP contribution in [-0.4, -0.2) is 21.1 Å². The number of halogens is 2. The lowest BCUT2D eigenvalue weighted by Crippen LogP contribution is -1.96. The van der Waals surface area contributed by atoms with Gasteiger partial charge >= 0.3 is 0 Å². The number of rotatable bonds is 8. The fourth-order valence-corrected chi connectivity index (χ4v) is 4.13. The van der Waals surface area contributed by atoms with Gasteiger partial charge in [-0.2, -0.15) is 9.78 Å². The number of hydrogen-bond acceptors (Lipinski definition) is 5. The SMILES string of the molecule is Clc1ccccc1CSc1nncn1/N=C/c1cccc(OCc2ccc(Br)cc2)c1. The highest BCUT2D eigenvalue weighted by atomic mass is 79.9. The van der Waals surface area contributed by atoms with E-state index in [0.29, 0.717) is 17.5 Å². The lowest BCUT2D eigenvalue weighted by Gasteiger charge is -2.07. The van der Waals surface area contributed by atoms with E-state index < -0.39 is 0 Å². The summed E-state index contributed by atoms with van der Waals surface area (Å²) in [5, 5.41) is 14.1. The molecule has 0 atom stereocenters. The van der Waals surface area contributed by atoms with Crippen LogP contribution in [0, 0.1) is 0 Å². The molecule has 4 rings (SSSR count). The van der Waals surface area contributed by atoms with E-state index >= 15 is 0 Å². The normalized spacial score (nSPS) is 11.2. The van der Waals surface area contributed by atoms with Crippen LogP contribution < -0.4 is 4.74 Å². The van der Waals surface area contributed by atoms with Gasteiger partial charge in [0.2, 0.25) is 5.16 Å². The molecule has 5 nitrogen and oxygen atoms in total. The van der Waals surface area contributed by atoms with Gasteiger partial charge in [-0.1, -0.05) is 81.8 Å². The van der Waals surface area contributed by atoms with Gasteiger partial charge < -0.3 is 4.74 Å². The van der Waals surface area contributed by atoms with Gasteiger partial charge in [0.25, 0.3) is 0 Å². The van der Waals surface area contributed by atoms with Crippen LogP contribution in [0.1, 0.15) is 16.7 Å². The Balaban J connectivity index is 1.39. The Bertz CT molecular complexity index is 1180. The zero-order chi connectivity index (χ0) is 21.5. The number of benzene rings is 3. The van der Waals surface area contributed by atoms with Crippen molar-refractivity contribution in [2.75, 3.05) is 0 Å². The number of hydrogen-bond donors (Lipinski definition) is 0. The summed E-state index contributed by atoms with van der Waals surface area (Å²) in [6, 6.07) is 23.6. The first-order valence-electron chi connectivity index (χ1n) is 9.45. The maximum Gasteiger partial charge on any atom is 0.212 e. The molecule has 0 saturated carbocycles. The molecular weight excluding hydrogens is 496 g/mol. The van der Waals surface area contributed by atoms with Crippen LogP contribution in [-0.2, 0) is 12.4 Å². The highest BCUT2D eigenvalue weighted by Gasteiger charge is 2.06. The van der Waals surface area contributed by atoms with Crippen molar-refractivity contribution in [3.8, 4) is 5.75 Å². The fraction of sp³-hybridized carbons (Fsp3) is 0.0870. The zero-order valence-corrected chi connectivity index (χ0v) is 19.5. The minimum atomic E-state index is 0.502. The summed E-state index contributed by atoms with van der Waals surface area (Å²) in [5.74, 6) is 1.47. The smallest absolute Gasteiger partial charge is 0.212 e. The quantitative estimate of drug-likeness (QED) is 0.201. The standard InChI is InChI=1S/C23H18BrClN4OS/c24-20-10-8-17(9-11-20)14-30-21-6-3-4-18(12-21)13-27-29-16-26-28-23(29)31-15-19-5-1-2-7-22(19)25/h1-13,16H,14-15H2/b27-13+. The minimum absolute atomic E-state index is 0.502. The highest BCUT2D eigenvalue weighted by molar-refractivity contribution is 9.10. The van der Waals surface area contributed by atoms with Crippen LogP contribution in [0.15, 0.2) is 93.9 Å². The summed E-state index contributed by atoms with van der Waals surface area (Å²) >= 11 is 11.2. The summed E-state index contributed by atoms with van der Waals surface area (Å²) in [6.07, 6.45) is 3.34. The van der Waals surface area contributed by atoms with Crippen molar-refractivity contribution < 1.29 is 4.74 Å². The predicted octanol–water partition coefficient (Wildman–Crippen LogP) is 6.45. The fourth-order valence-electron chi connectivity index (χ4n) is 2.71. The van der Waals surface area contributed by atoms with Gasteiger partial charge in [-0.25, -0.2) is 0 Å². The molecule has 0 saturated heterocycles. The number of ether oxygens (including phenoxy) is 1. The van der Waals surface area contributed by atoms with Gasteiger partial charge in [-0.3, -0.25) is 0 Å². The van der Waals surface area contributed by atoms with Crippen molar-refractivity contribution in [2.45, 2.75) is 17.5 Å². The topological polar surface area (TPSA) is 52.3 Å². The molecule has 0 fully saturated rings. The van der Waals surface area contributed by atoms with E-state index in [2.05, 4.69) is 31.2 Å². The third-order valence-corrected chi connectivity index (χ3v) is 6.20. The van der Waals surface area contributed by atoms with Crippen molar-refractivity contribution in [3.63, 3.8) is 0 Å². The molecule has 1 heterocycles. The first-order chi connectivity index (χ1) is 15.2. The minimum Gasteiger partial charge on any atom is -0.489 e. The molecule has 0 unspecified atom stereocenters. The molecule has 0 bridgehead atoms. The highest BCUT2D eigenvalue weighted by Crippen LogP contribution is 2.25.